The van der Waals surface area contributed by atoms with Gasteiger partial charge in [-0.15, -0.1) is 0 Å². The molecule has 1 N–H and O–H groups in total. The van der Waals surface area contributed by atoms with Crippen molar-refractivity contribution in [3.63, 3.8) is 0 Å². The highest BCUT2D eigenvalue weighted by atomic mass is 16.5. The van der Waals surface area contributed by atoms with Gasteiger partial charge in [0.05, 0.1) is 12.2 Å². The summed E-state index contributed by atoms with van der Waals surface area (Å²) >= 11 is 0. The Hall–Kier alpha value is -1.62. The molecule has 120 valence electrons. The molecule has 5 heteroatoms. The van der Waals surface area contributed by atoms with Gasteiger partial charge in [0.15, 0.2) is 0 Å². The largest absolute Gasteiger partial charge is 0.381 e. The first kappa shape index (κ1) is 15.3. The molecular weight excluding hydrogens is 278 g/mol. The molecule has 1 aromatic rings. The van der Waals surface area contributed by atoms with Crippen LogP contribution in [0.2, 0.25) is 0 Å². The van der Waals surface area contributed by atoms with Gasteiger partial charge in [-0.2, -0.15) is 0 Å². The Morgan fingerprint density at radius 1 is 1.41 bits per heavy atom. The van der Waals surface area contributed by atoms with Gasteiger partial charge in [0, 0.05) is 37.4 Å². The Balaban J connectivity index is 1.66. The summed E-state index contributed by atoms with van der Waals surface area (Å²) in [5.41, 5.74) is 0.681. The summed E-state index contributed by atoms with van der Waals surface area (Å²) in [4.78, 5) is 19.2. The second-order valence-corrected chi connectivity index (χ2v) is 6.65. The first-order valence-electron chi connectivity index (χ1n) is 8.25. The zero-order valence-corrected chi connectivity index (χ0v) is 13.4. The minimum Gasteiger partial charge on any atom is -0.381 e. The highest BCUT2D eigenvalue weighted by molar-refractivity contribution is 5.94. The third-order valence-corrected chi connectivity index (χ3v) is 4.17. The zero-order chi connectivity index (χ0) is 15.5. The van der Waals surface area contributed by atoms with E-state index in [0.29, 0.717) is 23.6 Å². The number of ether oxygens (including phenoxy) is 1. The van der Waals surface area contributed by atoms with Gasteiger partial charge in [-0.3, -0.25) is 4.79 Å². The molecule has 0 radical (unpaired) electrons. The van der Waals surface area contributed by atoms with E-state index in [2.05, 4.69) is 24.1 Å². The van der Waals surface area contributed by atoms with Gasteiger partial charge in [-0.1, -0.05) is 0 Å². The smallest absolute Gasteiger partial charge is 0.255 e. The van der Waals surface area contributed by atoms with E-state index >= 15 is 0 Å². The minimum absolute atomic E-state index is 0.109. The molecule has 0 spiro atoms. The monoisotopic (exact) mass is 303 g/mol. The van der Waals surface area contributed by atoms with Crippen LogP contribution in [-0.4, -0.2) is 47.6 Å². The number of pyridine rings is 1. The highest BCUT2D eigenvalue weighted by Crippen LogP contribution is 2.30. The molecule has 1 amide bonds. The Morgan fingerprint density at radius 3 is 2.77 bits per heavy atom. The van der Waals surface area contributed by atoms with E-state index in [4.69, 9.17) is 4.74 Å². The molecule has 1 saturated carbocycles. The first-order valence-corrected chi connectivity index (χ1v) is 8.25. The van der Waals surface area contributed by atoms with Crippen molar-refractivity contribution in [2.45, 2.75) is 45.2 Å². The van der Waals surface area contributed by atoms with Crippen LogP contribution in [0.1, 0.15) is 43.5 Å². The van der Waals surface area contributed by atoms with Gasteiger partial charge in [-0.05, 0) is 45.2 Å². The molecule has 1 atom stereocenters. The summed E-state index contributed by atoms with van der Waals surface area (Å²) in [5.74, 6) is 1.41. The van der Waals surface area contributed by atoms with Crippen molar-refractivity contribution < 1.29 is 9.53 Å². The van der Waals surface area contributed by atoms with Gasteiger partial charge in [0.25, 0.3) is 5.91 Å². The molecule has 2 aliphatic rings. The molecule has 0 unspecified atom stereocenters. The van der Waals surface area contributed by atoms with Crippen molar-refractivity contribution in [3.05, 3.63) is 23.9 Å². The van der Waals surface area contributed by atoms with Crippen molar-refractivity contribution in [1.29, 1.82) is 0 Å². The van der Waals surface area contributed by atoms with Gasteiger partial charge in [0.2, 0.25) is 0 Å². The number of amides is 1. The van der Waals surface area contributed by atoms with E-state index in [1.54, 1.807) is 6.20 Å². The average Bonchev–Trinajstić information content (AvgIpc) is 3.21. The number of carbonyl (C=O) groups excluding carboxylic acids is 1. The molecular formula is C17H25N3O2. The molecule has 1 aliphatic carbocycles. The lowest BCUT2D eigenvalue weighted by atomic mass is 10.1. The summed E-state index contributed by atoms with van der Waals surface area (Å²) in [6.07, 6.45) is 5.00. The Kier molecular flexibility index (Phi) is 4.62. The fraction of sp³-hybridized carbons (Fsp3) is 0.647. The van der Waals surface area contributed by atoms with E-state index in [-0.39, 0.29) is 5.91 Å². The van der Waals surface area contributed by atoms with Crippen LogP contribution in [0.5, 0.6) is 0 Å². The molecule has 1 aliphatic heterocycles. The van der Waals surface area contributed by atoms with Crippen molar-refractivity contribution in [1.82, 2.24) is 9.88 Å². The molecule has 2 fully saturated rings. The molecule has 1 aromatic heterocycles. The second kappa shape index (κ2) is 6.65. The lowest BCUT2D eigenvalue weighted by Gasteiger charge is -2.25. The van der Waals surface area contributed by atoms with Crippen LogP contribution in [0.3, 0.4) is 0 Å². The molecule has 2 heterocycles. The van der Waals surface area contributed by atoms with Gasteiger partial charge >= 0.3 is 0 Å². The van der Waals surface area contributed by atoms with E-state index in [1.807, 2.05) is 17.0 Å². The van der Waals surface area contributed by atoms with Crippen LogP contribution in [0.25, 0.3) is 0 Å². The number of nitrogens with one attached hydrogen (secondary N) is 1. The van der Waals surface area contributed by atoms with Crippen LogP contribution in [0, 0.1) is 5.92 Å². The van der Waals surface area contributed by atoms with Crippen molar-refractivity contribution >= 4 is 11.7 Å². The van der Waals surface area contributed by atoms with E-state index in [9.17, 15) is 4.79 Å². The maximum atomic E-state index is 12.8. The topological polar surface area (TPSA) is 54.5 Å². The molecule has 0 aromatic carbocycles. The molecule has 5 nitrogen and oxygen atoms in total. The third-order valence-electron chi connectivity index (χ3n) is 4.17. The van der Waals surface area contributed by atoms with E-state index < -0.39 is 0 Å². The number of aromatic nitrogens is 1. The van der Waals surface area contributed by atoms with Crippen LogP contribution >= 0.6 is 0 Å². The van der Waals surface area contributed by atoms with E-state index in [1.165, 1.54) is 0 Å². The fourth-order valence-corrected chi connectivity index (χ4v) is 2.86. The van der Waals surface area contributed by atoms with Crippen molar-refractivity contribution in [3.8, 4) is 0 Å². The quantitative estimate of drug-likeness (QED) is 0.877. The Bertz CT molecular complexity index is 505. The molecule has 22 heavy (non-hydrogen) atoms. The van der Waals surface area contributed by atoms with Crippen molar-refractivity contribution in [2.24, 2.45) is 5.92 Å². The summed E-state index contributed by atoms with van der Waals surface area (Å²) < 4.78 is 5.44. The zero-order valence-electron chi connectivity index (χ0n) is 13.4. The standard InChI is InChI=1S/C17H25N3O2/c1-12(2)19-16-6-3-14(9-18-16)17(21)20(15-4-5-15)10-13-7-8-22-11-13/h3,6,9,12-13,15H,4-5,7-8,10-11H2,1-2H3,(H,18,19)/t13-/m0/s1. The number of nitrogens with zero attached hydrogens (tertiary/aromatic N) is 2. The van der Waals surface area contributed by atoms with Crippen LogP contribution in [0.15, 0.2) is 18.3 Å². The summed E-state index contributed by atoms with van der Waals surface area (Å²) in [7, 11) is 0. The summed E-state index contributed by atoms with van der Waals surface area (Å²) in [6.45, 7) is 6.56. The number of carbonyl (C=O) groups is 1. The highest BCUT2D eigenvalue weighted by Gasteiger charge is 2.35. The molecule has 1 saturated heterocycles. The number of hydrogen-bond donors (Lipinski definition) is 1. The fourth-order valence-electron chi connectivity index (χ4n) is 2.86. The van der Waals surface area contributed by atoms with Crippen LogP contribution in [0.4, 0.5) is 5.82 Å². The van der Waals surface area contributed by atoms with Crippen LogP contribution < -0.4 is 5.32 Å². The maximum Gasteiger partial charge on any atom is 0.255 e. The number of rotatable bonds is 6. The predicted octanol–water partition coefficient (Wildman–Crippen LogP) is 2.54. The normalized spacial score (nSPS) is 21.1. The number of hydrogen-bond acceptors (Lipinski definition) is 4. The maximum absolute atomic E-state index is 12.8. The van der Waals surface area contributed by atoms with Gasteiger partial charge < -0.3 is 15.0 Å². The van der Waals surface area contributed by atoms with E-state index in [0.717, 1.165) is 44.8 Å². The number of anilines is 1. The third kappa shape index (κ3) is 3.77. The predicted molar refractivity (Wildman–Crippen MR) is 86.0 cm³/mol. The summed E-state index contributed by atoms with van der Waals surface area (Å²) in [6, 6.07) is 4.51. The summed E-state index contributed by atoms with van der Waals surface area (Å²) in [5, 5.41) is 3.24. The SMILES string of the molecule is CC(C)Nc1ccc(C(=O)N(C[C@@H]2CCOC2)C2CC2)cn1. The second-order valence-electron chi connectivity index (χ2n) is 6.65. The molecule has 3 rings (SSSR count). The Labute approximate surface area is 132 Å². The minimum atomic E-state index is 0.109. The average molecular weight is 303 g/mol. The lowest BCUT2D eigenvalue weighted by molar-refractivity contribution is 0.0706. The van der Waals surface area contributed by atoms with Gasteiger partial charge in [-0.25, -0.2) is 4.98 Å². The Morgan fingerprint density at radius 2 is 2.23 bits per heavy atom. The van der Waals surface area contributed by atoms with Crippen LogP contribution in [-0.2, 0) is 4.74 Å². The first-order chi connectivity index (χ1) is 10.6. The lowest BCUT2D eigenvalue weighted by Crippen LogP contribution is -2.37. The van der Waals surface area contributed by atoms with Gasteiger partial charge in [0.1, 0.15) is 5.82 Å². The molecule has 0 bridgehead atoms. The van der Waals surface area contributed by atoms with Crippen molar-refractivity contribution in [2.75, 3.05) is 25.1 Å².